The number of hydrogen-bond donors (Lipinski definition) is 1. The van der Waals surface area contributed by atoms with Crippen LogP contribution in [0, 0.1) is 17.7 Å². The molecular formula is C15H21BrFN. The average Bonchev–Trinajstić information content (AvgIpc) is 2.37. The SMILES string of the molecule is CNC(c1ccc(Br)c(F)c1)C1CCC(C)CC1. The molecule has 1 N–H and O–H groups in total. The van der Waals surface area contributed by atoms with Crippen LogP contribution in [-0.2, 0) is 0 Å². The minimum Gasteiger partial charge on any atom is -0.313 e. The molecule has 0 spiro atoms. The zero-order chi connectivity index (χ0) is 13.1. The van der Waals surface area contributed by atoms with E-state index in [1.807, 2.05) is 13.1 Å². The Morgan fingerprint density at radius 2 is 1.94 bits per heavy atom. The van der Waals surface area contributed by atoms with Crippen molar-refractivity contribution in [2.75, 3.05) is 7.05 Å². The van der Waals surface area contributed by atoms with Gasteiger partial charge in [0.05, 0.1) is 4.47 Å². The monoisotopic (exact) mass is 313 g/mol. The van der Waals surface area contributed by atoms with Crippen LogP contribution in [0.5, 0.6) is 0 Å². The van der Waals surface area contributed by atoms with E-state index in [0.717, 1.165) is 11.5 Å². The predicted octanol–water partition coefficient (Wildman–Crippen LogP) is 4.68. The predicted molar refractivity (Wildman–Crippen MR) is 77.0 cm³/mol. The van der Waals surface area contributed by atoms with E-state index < -0.39 is 0 Å². The Bertz CT molecular complexity index is 399. The summed E-state index contributed by atoms with van der Waals surface area (Å²) in [4.78, 5) is 0. The van der Waals surface area contributed by atoms with E-state index in [9.17, 15) is 4.39 Å². The second-order valence-corrected chi connectivity index (χ2v) is 6.31. The number of benzene rings is 1. The van der Waals surface area contributed by atoms with Gasteiger partial charge in [0.25, 0.3) is 0 Å². The molecule has 1 aromatic rings. The lowest BCUT2D eigenvalue weighted by Gasteiger charge is -2.33. The van der Waals surface area contributed by atoms with Crippen molar-refractivity contribution < 1.29 is 4.39 Å². The maximum absolute atomic E-state index is 13.6. The van der Waals surface area contributed by atoms with Gasteiger partial charge < -0.3 is 5.32 Å². The number of nitrogens with one attached hydrogen (secondary N) is 1. The summed E-state index contributed by atoms with van der Waals surface area (Å²) in [6.45, 7) is 2.32. The molecule has 1 unspecified atom stereocenters. The highest BCUT2D eigenvalue weighted by atomic mass is 79.9. The molecule has 1 aromatic carbocycles. The van der Waals surface area contributed by atoms with E-state index in [1.165, 1.54) is 25.7 Å². The molecule has 1 saturated carbocycles. The van der Waals surface area contributed by atoms with Gasteiger partial charge in [0.2, 0.25) is 0 Å². The summed E-state index contributed by atoms with van der Waals surface area (Å²) in [6.07, 6.45) is 5.07. The quantitative estimate of drug-likeness (QED) is 0.854. The molecule has 0 aliphatic heterocycles. The lowest BCUT2D eigenvalue weighted by molar-refractivity contribution is 0.237. The van der Waals surface area contributed by atoms with E-state index in [-0.39, 0.29) is 11.9 Å². The van der Waals surface area contributed by atoms with Crippen LogP contribution in [0.25, 0.3) is 0 Å². The third kappa shape index (κ3) is 3.12. The molecule has 0 radical (unpaired) electrons. The normalized spacial score (nSPS) is 26.0. The first-order valence-electron chi connectivity index (χ1n) is 6.74. The van der Waals surface area contributed by atoms with Gasteiger partial charge >= 0.3 is 0 Å². The van der Waals surface area contributed by atoms with Crippen LogP contribution in [-0.4, -0.2) is 7.05 Å². The average molecular weight is 314 g/mol. The number of rotatable bonds is 3. The fourth-order valence-corrected chi connectivity index (χ4v) is 3.25. The van der Waals surface area contributed by atoms with Crippen LogP contribution in [0.1, 0.15) is 44.2 Å². The largest absolute Gasteiger partial charge is 0.313 e. The van der Waals surface area contributed by atoms with Crippen molar-refractivity contribution in [2.24, 2.45) is 11.8 Å². The molecule has 3 heteroatoms. The fourth-order valence-electron chi connectivity index (χ4n) is 3.00. The second-order valence-electron chi connectivity index (χ2n) is 5.46. The fraction of sp³-hybridized carbons (Fsp3) is 0.600. The second kappa shape index (κ2) is 6.16. The molecular weight excluding hydrogens is 293 g/mol. The summed E-state index contributed by atoms with van der Waals surface area (Å²) >= 11 is 3.21. The van der Waals surface area contributed by atoms with Crippen LogP contribution >= 0.6 is 15.9 Å². The van der Waals surface area contributed by atoms with E-state index in [1.54, 1.807) is 12.1 Å². The lowest BCUT2D eigenvalue weighted by atomic mass is 9.77. The van der Waals surface area contributed by atoms with E-state index in [2.05, 4.69) is 28.2 Å². The first-order chi connectivity index (χ1) is 8.61. The van der Waals surface area contributed by atoms with Gasteiger partial charge in [-0.3, -0.25) is 0 Å². The first-order valence-corrected chi connectivity index (χ1v) is 7.53. The van der Waals surface area contributed by atoms with Crippen molar-refractivity contribution >= 4 is 15.9 Å². The third-order valence-corrected chi connectivity index (χ3v) is 4.79. The smallest absolute Gasteiger partial charge is 0.137 e. The third-order valence-electron chi connectivity index (χ3n) is 4.15. The number of halogens is 2. The van der Waals surface area contributed by atoms with Crippen molar-refractivity contribution in [3.8, 4) is 0 Å². The van der Waals surface area contributed by atoms with Gasteiger partial charge in [-0.05, 0) is 65.4 Å². The van der Waals surface area contributed by atoms with Crippen molar-refractivity contribution in [1.82, 2.24) is 5.32 Å². The van der Waals surface area contributed by atoms with Gasteiger partial charge in [-0.1, -0.05) is 25.8 Å². The van der Waals surface area contributed by atoms with Gasteiger partial charge in [-0.2, -0.15) is 0 Å². The summed E-state index contributed by atoms with van der Waals surface area (Å²) in [6, 6.07) is 5.76. The van der Waals surface area contributed by atoms with Crippen molar-refractivity contribution in [3.05, 3.63) is 34.1 Å². The molecule has 0 bridgehead atoms. The Hall–Kier alpha value is -0.410. The van der Waals surface area contributed by atoms with Crippen LogP contribution in [0.3, 0.4) is 0 Å². The molecule has 1 aliphatic carbocycles. The van der Waals surface area contributed by atoms with Crippen LogP contribution in [0.2, 0.25) is 0 Å². The Morgan fingerprint density at radius 1 is 1.28 bits per heavy atom. The molecule has 0 aromatic heterocycles. The molecule has 18 heavy (non-hydrogen) atoms. The summed E-state index contributed by atoms with van der Waals surface area (Å²) < 4.78 is 14.2. The number of hydrogen-bond acceptors (Lipinski definition) is 1. The van der Waals surface area contributed by atoms with Gasteiger partial charge in [0.1, 0.15) is 5.82 Å². The van der Waals surface area contributed by atoms with E-state index in [4.69, 9.17) is 0 Å². The molecule has 1 nitrogen and oxygen atoms in total. The maximum atomic E-state index is 13.6. The topological polar surface area (TPSA) is 12.0 Å². The molecule has 1 fully saturated rings. The van der Waals surface area contributed by atoms with Crippen molar-refractivity contribution in [2.45, 2.75) is 38.6 Å². The van der Waals surface area contributed by atoms with Crippen molar-refractivity contribution in [1.29, 1.82) is 0 Å². The Morgan fingerprint density at radius 3 is 2.50 bits per heavy atom. The molecule has 1 aliphatic rings. The summed E-state index contributed by atoms with van der Waals surface area (Å²) in [7, 11) is 1.97. The van der Waals surface area contributed by atoms with E-state index >= 15 is 0 Å². The van der Waals surface area contributed by atoms with Gasteiger partial charge in [0.15, 0.2) is 0 Å². The summed E-state index contributed by atoms with van der Waals surface area (Å²) in [5.74, 6) is 1.31. The van der Waals surface area contributed by atoms with Gasteiger partial charge in [-0.15, -0.1) is 0 Å². The standard InChI is InChI=1S/C15H21BrFN/c1-10-3-5-11(6-4-10)15(18-2)12-7-8-13(16)14(17)9-12/h7-11,15,18H,3-6H2,1-2H3. The molecule has 2 rings (SSSR count). The lowest BCUT2D eigenvalue weighted by Crippen LogP contribution is -2.28. The Balaban J connectivity index is 2.14. The summed E-state index contributed by atoms with van der Waals surface area (Å²) in [5, 5.41) is 3.37. The Labute approximate surface area is 117 Å². The maximum Gasteiger partial charge on any atom is 0.137 e. The molecule has 0 heterocycles. The molecule has 0 saturated heterocycles. The minimum absolute atomic E-state index is 0.170. The highest BCUT2D eigenvalue weighted by Crippen LogP contribution is 2.37. The van der Waals surface area contributed by atoms with E-state index in [0.29, 0.717) is 10.4 Å². The summed E-state index contributed by atoms with van der Waals surface area (Å²) in [5.41, 5.74) is 1.07. The molecule has 0 amide bonds. The molecule has 1 atom stereocenters. The van der Waals surface area contributed by atoms with Gasteiger partial charge in [-0.25, -0.2) is 4.39 Å². The molecule has 100 valence electrons. The zero-order valence-corrected chi connectivity index (χ0v) is 12.6. The van der Waals surface area contributed by atoms with Crippen molar-refractivity contribution in [3.63, 3.8) is 0 Å². The highest BCUT2D eigenvalue weighted by molar-refractivity contribution is 9.10. The zero-order valence-electron chi connectivity index (χ0n) is 11.0. The first kappa shape index (κ1) is 14.0. The van der Waals surface area contributed by atoms with Crippen LogP contribution in [0.15, 0.2) is 22.7 Å². The Kier molecular flexibility index (Phi) is 4.79. The highest BCUT2D eigenvalue weighted by Gasteiger charge is 2.26. The van der Waals surface area contributed by atoms with Crippen LogP contribution in [0.4, 0.5) is 4.39 Å². The minimum atomic E-state index is -0.170. The van der Waals surface area contributed by atoms with Crippen LogP contribution < -0.4 is 5.32 Å². The van der Waals surface area contributed by atoms with Gasteiger partial charge in [0, 0.05) is 6.04 Å².